The highest BCUT2D eigenvalue weighted by atomic mass is 32.2. The van der Waals surface area contributed by atoms with Gasteiger partial charge in [0.25, 0.3) is 0 Å². The number of alkyl carbamates (subject to hydrolysis) is 1. The number of benzene rings is 2. The van der Waals surface area contributed by atoms with Gasteiger partial charge in [-0.2, -0.15) is 0 Å². The number of halogens is 2. The number of rotatable bonds is 17. The number of carboxylic acid groups (broad SMARTS) is 1. The number of hydrogen-bond acceptors (Lipinski definition) is 6. The minimum atomic E-state index is -1.37. The molecule has 3 aromatic rings. The molecule has 49 heavy (non-hydrogen) atoms. The van der Waals surface area contributed by atoms with Crippen molar-refractivity contribution >= 4 is 37.8 Å². The van der Waals surface area contributed by atoms with E-state index in [9.17, 15) is 23.9 Å². The van der Waals surface area contributed by atoms with E-state index in [1.807, 2.05) is 55.7 Å². The van der Waals surface area contributed by atoms with Crippen LogP contribution in [0.1, 0.15) is 44.5 Å². The summed E-state index contributed by atoms with van der Waals surface area (Å²) < 4.78 is 36.7. The third kappa shape index (κ3) is 12.6. The maximum Gasteiger partial charge on any atom is 0.407 e. The molecule has 2 unspecified atom stereocenters. The van der Waals surface area contributed by atoms with Crippen LogP contribution < -0.4 is 11.1 Å². The molecule has 0 aliphatic carbocycles. The predicted octanol–water partition coefficient (Wildman–Crippen LogP) is 7.00. The fourth-order valence-electron chi connectivity index (χ4n) is 5.38. The van der Waals surface area contributed by atoms with Gasteiger partial charge in [0.1, 0.15) is 17.7 Å². The normalized spacial score (nSPS) is 13.1. The molecule has 0 spiro atoms. The third-order valence-electron chi connectivity index (χ3n) is 7.87. The van der Waals surface area contributed by atoms with Crippen molar-refractivity contribution in [2.45, 2.75) is 71.5 Å². The monoisotopic (exact) mass is 716 g/mol. The zero-order valence-electron chi connectivity index (χ0n) is 29.3. The summed E-state index contributed by atoms with van der Waals surface area (Å²) in [4.78, 5) is 39.5. The molecule has 13 heteroatoms. The second kappa shape index (κ2) is 17.8. The molecule has 0 radical (unpaired) electrons. The third-order valence-corrected chi connectivity index (χ3v) is 10.6. The van der Waals surface area contributed by atoms with Crippen molar-refractivity contribution in [3.8, 4) is 11.1 Å². The molecule has 2 amide bonds. The SMILES string of the molecule is CC(C)(C)C(c1cc(-c2cc(F)ccc2F)cn1Cc1ccccc1)N(CCCNC(=O)OCC[Si](C)(C)C)C(=O)CSCC(N)C(=O)O. The second-order valence-electron chi connectivity index (χ2n) is 14.4. The largest absolute Gasteiger partial charge is 0.480 e. The van der Waals surface area contributed by atoms with Crippen LogP contribution in [-0.4, -0.2) is 77.9 Å². The van der Waals surface area contributed by atoms with E-state index in [1.54, 1.807) is 17.2 Å². The Morgan fingerprint density at radius 3 is 2.41 bits per heavy atom. The van der Waals surface area contributed by atoms with E-state index in [4.69, 9.17) is 10.5 Å². The summed E-state index contributed by atoms with van der Waals surface area (Å²) >= 11 is 1.14. The molecule has 0 aliphatic rings. The Morgan fingerprint density at radius 1 is 1.08 bits per heavy atom. The van der Waals surface area contributed by atoms with Crippen LogP contribution in [0.5, 0.6) is 0 Å². The van der Waals surface area contributed by atoms with E-state index in [0.29, 0.717) is 30.8 Å². The number of carbonyl (C=O) groups is 3. The first-order valence-corrected chi connectivity index (χ1v) is 21.3. The maximum atomic E-state index is 15.1. The number of hydrogen-bond donors (Lipinski definition) is 3. The van der Waals surface area contributed by atoms with Crippen molar-refractivity contribution in [3.63, 3.8) is 0 Å². The van der Waals surface area contributed by atoms with Crippen LogP contribution in [0.4, 0.5) is 13.6 Å². The molecular formula is C36H50F2N4O5SSi. The molecule has 0 aliphatic heterocycles. The van der Waals surface area contributed by atoms with Crippen LogP contribution in [-0.2, 0) is 20.9 Å². The minimum absolute atomic E-state index is 0.0233. The van der Waals surface area contributed by atoms with Gasteiger partial charge < -0.3 is 30.4 Å². The first-order chi connectivity index (χ1) is 23.0. The number of nitrogens with one attached hydrogen (secondary N) is 1. The van der Waals surface area contributed by atoms with E-state index < -0.39 is 49.3 Å². The molecule has 1 heterocycles. The van der Waals surface area contributed by atoms with Crippen molar-refractivity contribution in [1.29, 1.82) is 0 Å². The summed E-state index contributed by atoms with van der Waals surface area (Å²) in [7, 11) is -1.37. The average molecular weight is 717 g/mol. The van der Waals surface area contributed by atoms with Crippen LogP contribution in [0, 0.1) is 17.0 Å². The van der Waals surface area contributed by atoms with Gasteiger partial charge in [-0.25, -0.2) is 13.6 Å². The number of carbonyl (C=O) groups excluding carboxylic acids is 2. The molecule has 3 rings (SSSR count). The molecule has 4 N–H and O–H groups in total. The quantitative estimate of drug-likeness (QED) is 0.102. The Balaban J connectivity index is 1.99. The highest BCUT2D eigenvalue weighted by Crippen LogP contribution is 2.41. The standard InChI is InChI=1S/C36H50F2N4O5SSi/c1-36(2,3)33(31-19-26(28-20-27(37)13-14-29(28)38)22-41(31)21-25-11-8-7-9-12-25)42(32(43)24-48-23-30(39)34(44)45)16-10-15-40-35(46)47-17-18-49(4,5)6/h7-9,11-14,19-20,22,30,33H,10,15-18,21,23-24,39H2,1-6H3,(H,40,46)(H,44,45). The molecule has 1 aromatic heterocycles. The first kappa shape index (κ1) is 39.8. The predicted molar refractivity (Wildman–Crippen MR) is 194 cm³/mol. The molecule has 268 valence electrons. The van der Waals surface area contributed by atoms with Gasteiger partial charge in [-0.05, 0) is 47.7 Å². The molecule has 2 aromatic carbocycles. The summed E-state index contributed by atoms with van der Waals surface area (Å²) in [5, 5.41) is 12.0. The average Bonchev–Trinajstić information content (AvgIpc) is 3.41. The van der Waals surface area contributed by atoms with Crippen molar-refractivity contribution in [3.05, 3.63) is 83.7 Å². The van der Waals surface area contributed by atoms with Crippen molar-refractivity contribution in [1.82, 2.24) is 14.8 Å². The Kier molecular flexibility index (Phi) is 14.5. The van der Waals surface area contributed by atoms with Crippen LogP contribution in [0.25, 0.3) is 11.1 Å². The lowest BCUT2D eigenvalue weighted by Gasteiger charge is -2.41. The number of aromatic nitrogens is 1. The van der Waals surface area contributed by atoms with E-state index in [-0.39, 0.29) is 36.1 Å². The summed E-state index contributed by atoms with van der Waals surface area (Å²) in [6, 6.07) is 14.0. The van der Waals surface area contributed by atoms with Crippen LogP contribution in [0.3, 0.4) is 0 Å². The lowest BCUT2D eigenvalue weighted by atomic mass is 9.83. The van der Waals surface area contributed by atoms with Crippen molar-refractivity contribution < 1.29 is 33.0 Å². The molecule has 0 saturated carbocycles. The number of thioether (sulfide) groups is 1. The van der Waals surface area contributed by atoms with Crippen LogP contribution in [0.2, 0.25) is 25.7 Å². The van der Waals surface area contributed by atoms with Gasteiger partial charge in [-0.15, -0.1) is 11.8 Å². The molecule has 0 fully saturated rings. The summed E-state index contributed by atoms with van der Waals surface area (Å²) in [5.41, 5.74) is 7.42. The topological polar surface area (TPSA) is 127 Å². The number of nitrogens with two attached hydrogens (primary N) is 1. The molecule has 0 saturated heterocycles. The van der Waals surface area contributed by atoms with Gasteiger partial charge >= 0.3 is 12.1 Å². The van der Waals surface area contributed by atoms with Gasteiger partial charge in [0.2, 0.25) is 5.91 Å². The van der Waals surface area contributed by atoms with Crippen LogP contribution in [0.15, 0.2) is 60.8 Å². The number of aliphatic carboxylic acids is 1. The molecule has 2 atom stereocenters. The Labute approximate surface area is 293 Å². The lowest BCUT2D eigenvalue weighted by molar-refractivity contribution is -0.138. The van der Waals surface area contributed by atoms with E-state index in [2.05, 4.69) is 25.0 Å². The summed E-state index contributed by atoms with van der Waals surface area (Å²) in [6.07, 6.45) is 1.67. The Bertz CT molecular complexity index is 1560. The maximum absolute atomic E-state index is 15.1. The van der Waals surface area contributed by atoms with E-state index >= 15 is 4.39 Å². The highest BCUT2D eigenvalue weighted by molar-refractivity contribution is 8.00. The van der Waals surface area contributed by atoms with Crippen molar-refractivity contribution in [2.75, 3.05) is 31.2 Å². The molecule has 0 bridgehead atoms. The highest BCUT2D eigenvalue weighted by Gasteiger charge is 2.37. The van der Waals surface area contributed by atoms with Gasteiger partial charge in [0, 0.05) is 56.5 Å². The zero-order valence-corrected chi connectivity index (χ0v) is 31.1. The summed E-state index contributed by atoms with van der Waals surface area (Å²) in [6.45, 7) is 13.9. The van der Waals surface area contributed by atoms with Crippen LogP contribution >= 0.6 is 11.8 Å². The second-order valence-corrected chi connectivity index (χ2v) is 21.1. The molecular weight excluding hydrogens is 667 g/mol. The lowest BCUT2D eigenvalue weighted by Crippen LogP contribution is -2.44. The smallest absolute Gasteiger partial charge is 0.407 e. The number of nitrogens with zero attached hydrogens (tertiary/aromatic N) is 2. The molecule has 9 nitrogen and oxygen atoms in total. The minimum Gasteiger partial charge on any atom is -0.480 e. The number of ether oxygens (including phenoxy) is 1. The Morgan fingerprint density at radius 2 is 1.78 bits per heavy atom. The first-order valence-electron chi connectivity index (χ1n) is 16.4. The van der Waals surface area contributed by atoms with E-state index in [0.717, 1.165) is 41.6 Å². The number of amides is 2. The zero-order chi connectivity index (χ0) is 36.4. The Hall–Kier alpha value is -3.68. The van der Waals surface area contributed by atoms with Gasteiger partial charge in [0.05, 0.1) is 18.4 Å². The van der Waals surface area contributed by atoms with Gasteiger partial charge in [-0.3, -0.25) is 9.59 Å². The fraction of sp³-hybridized carbons (Fsp3) is 0.472. The van der Waals surface area contributed by atoms with E-state index in [1.165, 1.54) is 0 Å². The number of carboxylic acids is 1. The summed E-state index contributed by atoms with van der Waals surface area (Å²) in [5.74, 6) is -2.51. The fourth-order valence-corrected chi connectivity index (χ4v) is 6.95. The van der Waals surface area contributed by atoms with Crippen molar-refractivity contribution in [2.24, 2.45) is 11.1 Å². The van der Waals surface area contributed by atoms with Gasteiger partial charge in [0.15, 0.2) is 0 Å². The van der Waals surface area contributed by atoms with Gasteiger partial charge in [-0.1, -0.05) is 70.7 Å².